The Hall–Kier alpha value is -2.89. The number of aliphatic carboxylic acids is 1. The molecule has 0 bridgehead atoms. The number of para-hydroxylation sites is 1. The number of carbonyl (C=O) groups excluding carboxylic acids is 1. The van der Waals surface area contributed by atoms with Gasteiger partial charge in [-0.2, -0.15) is 0 Å². The molecule has 0 atom stereocenters. The van der Waals surface area contributed by atoms with Crippen molar-refractivity contribution >= 4 is 23.4 Å². The minimum absolute atomic E-state index is 0.149. The van der Waals surface area contributed by atoms with Crippen molar-refractivity contribution in [3.05, 3.63) is 54.4 Å². The van der Waals surface area contributed by atoms with Crippen LogP contribution in [0.3, 0.4) is 0 Å². The first-order chi connectivity index (χ1) is 9.65. The van der Waals surface area contributed by atoms with E-state index in [4.69, 9.17) is 5.11 Å². The second-order valence-electron chi connectivity index (χ2n) is 4.05. The molecule has 1 aromatic heterocycles. The Labute approximate surface area is 115 Å². The van der Waals surface area contributed by atoms with Gasteiger partial charge in [0.1, 0.15) is 0 Å². The zero-order chi connectivity index (χ0) is 14.4. The van der Waals surface area contributed by atoms with Gasteiger partial charge in [-0.15, -0.1) is 0 Å². The summed E-state index contributed by atoms with van der Waals surface area (Å²) in [4.78, 5) is 26.5. The number of pyridine rings is 1. The van der Waals surface area contributed by atoms with E-state index in [9.17, 15) is 9.59 Å². The highest BCUT2D eigenvalue weighted by Gasteiger charge is 2.09. The molecule has 3 N–H and O–H groups in total. The summed E-state index contributed by atoms with van der Waals surface area (Å²) >= 11 is 0. The number of amides is 2. The molecule has 6 nitrogen and oxygen atoms in total. The van der Waals surface area contributed by atoms with Gasteiger partial charge in [0.25, 0.3) is 0 Å². The fourth-order valence-electron chi connectivity index (χ4n) is 1.68. The van der Waals surface area contributed by atoms with E-state index in [1.165, 1.54) is 6.20 Å². The van der Waals surface area contributed by atoms with Crippen LogP contribution in [0, 0.1) is 0 Å². The SMILES string of the molecule is O=C(O)Cc1ccccc1NC(=O)Nc1cccnc1. The highest BCUT2D eigenvalue weighted by Crippen LogP contribution is 2.16. The van der Waals surface area contributed by atoms with Gasteiger partial charge in [0.05, 0.1) is 18.3 Å². The van der Waals surface area contributed by atoms with Gasteiger partial charge in [0, 0.05) is 11.9 Å². The van der Waals surface area contributed by atoms with Crippen molar-refractivity contribution in [3.63, 3.8) is 0 Å². The summed E-state index contributed by atoms with van der Waals surface area (Å²) in [5, 5.41) is 14.1. The Bertz CT molecular complexity index is 614. The summed E-state index contributed by atoms with van der Waals surface area (Å²) in [5.41, 5.74) is 1.57. The van der Waals surface area contributed by atoms with Crippen molar-refractivity contribution in [1.29, 1.82) is 0 Å². The Kier molecular flexibility index (Phi) is 4.28. The smallest absolute Gasteiger partial charge is 0.323 e. The third-order valence-electron chi connectivity index (χ3n) is 2.53. The lowest BCUT2D eigenvalue weighted by atomic mass is 10.1. The van der Waals surface area contributed by atoms with Gasteiger partial charge >= 0.3 is 12.0 Å². The number of rotatable bonds is 4. The van der Waals surface area contributed by atoms with Crippen molar-refractivity contribution in [3.8, 4) is 0 Å². The maximum atomic E-state index is 11.8. The summed E-state index contributed by atoms with van der Waals surface area (Å²) in [6.45, 7) is 0. The molecule has 2 amide bonds. The number of hydrogen-bond acceptors (Lipinski definition) is 3. The fraction of sp³-hybridized carbons (Fsp3) is 0.0714. The second-order valence-corrected chi connectivity index (χ2v) is 4.05. The summed E-state index contributed by atoms with van der Waals surface area (Å²) in [7, 11) is 0. The number of nitrogens with zero attached hydrogens (tertiary/aromatic N) is 1. The van der Waals surface area contributed by atoms with Crippen LogP contribution in [0.15, 0.2) is 48.8 Å². The lowest BCUT2D eigenvalue weighted by Crippen LogP contribution is -2.20. The van der Waals surface area contributed by atoms with E-state index in [-0.39, 0.29) is 6.42 Å². The van der Waals surface area contributed by atoms with E-state index in [0.717, 1.165) is 0 Å². The number of urea groups is 1. The number of anilines is 2. The van der Waals surface area contributed by atoms with Crippen LogP contribution < -0.4 is 10.6 Å². The van der Waals surface area contributed by atoms with E-state index in [0.29, 0.717) is 16.9 Å². The predicted molar refractivity (Wildman–Crippen MR) is 74.7 cm³/mol. The first kappa shape index (κ1) is 13.5. The lowest BCUT2D eigenvalue weighted by Gasteiger charge is -2.10. The molecule has 6 heteroatoms. The largest absolute Gasteiger partial charge is 0.481 e. The Morgan fingerprint density at radius 3 is 2.60 bits per heavy atom. The van der Waals surface area contributed by atoms with E-state index in [1.807, 2.05) is 0 Å². The van der Waals surface area contributed by atoms with Gasteiger partial charge in [0.15, 0.2) is 0 Å². The van der Waals surface area contributed by atoms with Crippen LogP contribution in [0.25, 0.3) is 0 Å². The van der Waals surface area contributed by atoms with Crippen LogP contribution in [-0.2, 0) is 11.2 Å². The molecule has 0 spiro atoms. The van der Waals surface area contributed by atoms with Crippen molar-refractivity contribution in [2.75, 3.05) is 10.6 Å². The molecule has 20 heavy (non-hydrogen) atoms. The predicted octanol–water partition coefficient (Wildman–Crippen LogP) is 2.35. The standard InChI is InChI=1S/C14H13N3O3/c18-13(19)8-10-4-1-2-6-12(10)17-14(20)16-11-5-3-7-15-9-11/h1-7,9H,8H2,(H,18,19)(H2,16,17,20). The highest BCUT2D eigenvalue weighted by molar-refractivity contribution is 6.00. The van der Waals surface area contributed by atoms with Gasteiger partial charge < -0.3 is 15.7 Å². The normalized spacial score (nSPS) is 9.80. The minimum Gasteiger partial charge on any atom is -0.481 e. The maximum Gasteiger partial charge on any atom is 0.323 e. The van der Waals surface area contributed by atoms with Crippen LogP contribution in [0.2, 0.25) is 0 Å². The molecule has 0 aliphatic heterocycles. The summed E-state index contributed by atoms with van der Waals surface area (Å²) in [5.74, 6) is -0.952. The molecule has 102 valence electrons. The Balaban J connectivity index is 2.06. The van der Waals surface area contributed by atoms with Gasteiger partial charge in [0.2, 0.25) is 0 Å². The zero-order valence-electron chi connectivity index (χ0n) is 10.5. The second kappa shape index (κ2) is 6.33. The van der Waals surface area contributed by atoms with E-state index >= 15 is 0 Å². The van der Waals surface area contributed by atoms with Crippen LogP contribution in [0.4, 0.5) is 16.2 Å². The number of aromatic nitrogens is 1. The molecule has 1 aromatic carbocycles. The van der Waals surface area contributed by atoms with E-state index < -0.39 is 12.0 Å². The Morgan fingerprint density at radius 2 is 1.90 bits per heavy atom. The molecule has 0 aliphatic rings. The molecule has 0 radical (unpaired) electrons. The molecule has 0 unspecified atom stereocenters. The molecule has 2 rings (SSSR count). The quantitative estimate of drug-likeness (QED) is 0.796. The third kappa shape index (κ3) is 3.81. The molecular weight excluding hydrogens is 258 g/mol. The molecule has 1 heterocycles. The van der Waals surface area contributed by atoms with Gasteiger partial charge in [-0.1, -0.05) is 18.2 Å². The molecule has 0 aliphatic carbocycles. The minimum atomic E-state index is -0.952. The molecule has 0 saturated carbocycles. The van der Waals surface area contributed by atoms with Gasteiger partial charge in [-0.25, -0.2) is 4.79 Å². The third-order valence-corrected chi connectivity index (χ3v) is 2.53. The van der Waals surface area contributed by atoms with Crippen molar-refractivity contribution < 1.29 is 14.7 Å². The van der Waals surface area contributed by atoms with E-state index in [1.54, 1.807) is 42.6 Å². The van der Waals surface area contributed by atoms with Gasteiger partial charge in [-0.3, -0.25) is 9.78 Å². The average Bonchev–Trinajstić information content (AvgIpc) is 2.41. The van der Waals surface area contributed by atoms with Crippen LogP contribution in [0.1, 0.15) is 5.56 Å². The highest BCUT2D eigenvalue weighted by atomic mass is 16.4. The molecule has 2 aromatic rings. The number of benzene rings is 1. The van der Waals surface area contributed by atoms with Crippen molar-refractivity contribution in [1.82, 2.24) is 4.98 Å². The lowest BCUT2D eigenvalue weighted by molar-refractivity contribution is -0.136. The van der Waals surface area contributed by atoms with Crippen LogP contribution >= 0.6 is 0 Å². The van der Waals surface area contributed by atoms with Crippen molar-refractivity contribution in [2.24, 2.45) is 0 Å². The fourth-order valence-corrected chi connectivity index (χ4v) is 1.68. The van der Waals surface area contributed by atoms with E-state index in [2.05, 4.69) is 15.6 Å². The van der Waals surface area contributed by atoms with Crippen LogP contribution in [-0.4, -0.2) is 22.1 Å². The molecular formula is C14H13N3O3. The zero-order valence-corrected chi connectivity index (χ0v) is 10.5. The Morgan fingerprint density at radius 1 is 1.10 bits per heavy atom. The number of nitrogens with one attached hydrogen (secondary N) is 2. The first-order valence-corrected chi connectivity index (χ1v) is 5.93. The molecule has 0 fully saturated rings. The van der Waals surface area contributed by atoms with Crippen LogP contribution in [0.5, 0.6) is 0 Å². The monoisotopic (exact) mass is 271 g/mol. The number of carboxylic acid groups (broad SMARTS) is 1. The maximum absolute atomic E-state index is 11.8. The summed E-state index contributed by atoms with van der Waals surface area (Å²) in [6.07, 6.45) is 2.97. The summed E-state index contributed by atoms with van der Waals surface area (Å²) in [6, 6.07) is 9.72. The van der Waals surface area contributed by atoms with Gasteiger partial charge in [-0.05, 0) is 23.8 Å². The topological polar surface area (TPSA) is 91.3 Å². The van der Waals surface area contributed by atoms with Crippen molar-refractivity contribution in [2.45, 2.75) is 6.42 Å². The number of carbonyl (C=O) groups is 2. The number of carboxylic acids is 1. The number of hydrogen-bond donors (Lipinski definition) is 3. The molecule has 0 saturated heterocycles. The summed E-state index contributed by atoms with van der Waals surface area (Å²) < 4.78 is 0. The average molecular weight is 271 g/mol. The first-order valence-electron chi connectivity index (χ1n) is 5.93.